The van der Waals surface area contributed by atoms with Gasteiger partial charge in [-0.05, 0) is 37.1 Å². The Morgan fingerprint density at radius 3 is 2.38 bits per heavy atom. The molecule has 0 saturated carbocycles. The fourth-order valence-corrected chi connectivity index (χ4v) is 2.59. The van der Waals surface area contributed by atoms with Crippen molar-refractivity contribution in [2.45, 2.75) is 19.0 Å². The highest BCUT2D eigenvalue weighted by atomic mass is 19.4. The summed E-state index contributed by atoms with van der Waals surface area (Å²) in [7, 11) is 0. The number of nitrogens with one attached hydrogen (secondary N) is 1. The maximum Gasteiger partial charge on any atom is 0.418 e. The number of carbonyl (C=O) groups is 1. The number of aromatic nitrogens is 2. The lowest BCUT2D eigenvalue weighted by atomic mass is 10.1. The molecule has 0 unspecified atom stereocenters. The molecule has 1 saturated heterocycles. The molecule has 0 aliphatic carbocycles. The molecule has 1 aliphatic heterocycles. The molecule has 1 aliphatic rings. The number of carbonyl (C=O) groups excluding carboxylic acids is 1. The Hall–Kier alpha value is -2.64. The zero-order chi connectivity index (χ0) is 17.2. The first-order chi connectivity index (χ1) is 11.4. The quantitative estimate of drug-likeness (QED) is 0.934. The van der Waals surface area contributed by atoms with Crippen molar-refractivity contribution in [2.24, 2.45) is 0 Å². The Morgan fingerprint density at radius 2 is 1.75 bits per heavy atom. The molecule has 0 atom stereocenters. The average molecular weight is 336 g/mol. The maximum atomic E-state index is 12.9. The number of anilines is 2. The van der Waals surface area contributed by atoms with Crippen LogP contribution in [0.15, 0.2) is 36.4 Å². The topological polar surface area (TPSA) is 58.1 Å². The molecule has 1 fully saturated rings. The molecule has 1 N–H and O–H groups in total. The number of hydrogen-bond acceptors (Lipinski definition) is 4. The minimum Gasteiger partial charge on any atom is -0.355 e. The van der Waals surface area contributed by atoms with Crippen molar-refractivity contribution < 1.29 is 18.0 Å². The molecule has 5 nitrogen and oxygen atoms in total. The third-order valence-corrected chi connectivity index (χ3v) is 3.79. The van der Waals surface area contributed by atoms with Gasteiger partial charge in [-0.3, -0.25) is 4.79 Å². The summed E-state index contributed by atoms with van der Waals surface area (Å²) in [5.74, 6) is -0.0630. The van der Waals surface area contributed by atoms with E-state index in [0.29, 0.717) is 5.82 Å². The highest BCUT2D eigenvalue weighted by Gasteiger charge is 2.33. The van der Waals surface area contributed by atoms with Crippen LogP contribution < -0.4 is 10.2 Å². The van der Waals surface area contributed by atoms with E-state index in [1.54, 1.807) is 6.07 Å². The first kappa shape index (κ1) is 16.2. The number of nitrogens with zero attached hydrogens (tertiary/aromatic N) is 3. The lowest BCUT2D eigenvalue weighted by Crippen LogP contribution is -2.21. The summed E-state index contributed by atoms with van der Waals surface area (Å²) in [6.45, 7) is 1.78. The molecule has 8 heteroatoms. The smallest absolute Gasteiger partial charge is 0.355 e. The van der Waals surface area contributed by atoms with Crippen LogP contribution in [0.25, 0.3) is 0 Å². The summed E-state index contributed by atoms with van der Waals surface area (Å²) in [5.41, 5.74) is -1.24. The van der Waals surface area contributed by atoms with E-state index in [1.165, 1.54) is 24.3 Å². The summed E-state index contributed by atoms with van der Waals surface area (Å²) in [4.78, 5) is 14.2. The lowest BCUT2D eigenvalue weighted by molar-refractivity contribution is -0.136. The maximum absolute atomic E-state index is 12.9. The largest absolute Gasteiger partial charge is 0.418 e. The van der Waals surface area contributed by atoms with Crippen LogP contribution in [0.1, 0.15) is 28.9 Å². The molecule has 126 valence electrons. The second kappa shape index (κ2) is 6.46. The van der Waals surface area contributed by atoms with Crippen LogP contribution in [0.3, 0.4) is 0 Å². The summed E-state index contributed by atoms with van der Waals surface area (Å²) in [6.07, 6.45) is -2.38. The molecular weight excluding hydrogens is 321 g/mol. The van der Waals surface area contributed by atoms with E-state index in [2.05, 4.69) is 15.5 Å². The van der Waals surface area contributed by atoms with Gasteiger partial charge in [-0.15, -0.1) is 10.2 Å². The van der Waals surface area contributed by atoms with Crippen molar-refractivity contribution in [3.63, 3.8) is 0 Å². The van der Waals surface area contributed by atoms with Crippen molar-refractivity contribution in [1.82, 2.24) is 10.2 Å². The van der Waals surface area contributed by atoms with Crippen molar-refractivity contribution in [3.8, 4) is 0 Å². The van der Waals surface area contributed by atoms with Crippen molar-refractivity contribution in [2.75, 3.05) is 23.3 Å². The molecule has 3 rings (SSSR count). The van der Waals surface area contributed by atoms with Gasteiger partial charge in [0.2, 0.25) is 0 Å². The first-order valence-corrected chi connectivity index (χ1v) is 7.51. The van der Waals surface area contributed by atoms with E-state index in [0.717, 1.165) is 32.0 Å². The second-order valence-corrected chi connectivity index (χ2v) is 5.47. The highest BCUT2D eigenvalue weighted by Crippen LogP contribution is 2.34. The van der Waals surface area contributed by atoms with E-state index in [9.17, 15) is 18.0 Å². The van der Waals surface area contributed by atoms with Crippen LogP contribution in [0.5, 0.6) is 0 Å². The Morgan fingerprint density at radius 1 is 1.04 bits per heavy atom. The van der Waals surface area contributed by atoms with Gasteiger partial charge in [-0.1, -0.05) is 12.1 Å². The van der Waals surface area contributed by atoms with E-state index < -0.39 is 17.6 Å². The van der Waals surface area contributed by atoms with Crippen LogP contribution in [0, 0.1) is 0 Å². The molecule has 1 aromatic carbocycles. The van der Waals surface area contributed by atoms with Gasteiger partial charge in [0.25, 0.3) is 5.91 Å². The van der Waals surface area contributed by atoms with Gasteiger partial charge in [-0.2, -0.15) is 13.2 Å². The van der Waals surface area contributed by atoms with Crippen LogP contribution in [-0.4, -0.2) is 29.2 Å². The lowest BCUT2D eigenvalue weighted by Gasteiger charge is -2.15. The van der Waals surface area contributed by atoms with Crippen LogP contribution in [0.4, 0.5) is 24.7 Å². The zero-order valence-corrected chi connectivity index (χ0v) is 12.7. The predicted octanol–water partition coefficient (Wildman–Crippen LogP) is 3.35. The molecule has 2 aromatic rings. The Labute approximate surface area is 136 Å². The third kappa shape index (κ3) is 3.47. The number of halogens is 3. The number of alkyl halides is 3. The highest BCUT2D eigenvalue weighted by molar-refractivity contribution is 6.03. The van der Waals surface area contributed by atoms with E-state index in [-0.39, 0.29) is 11.4 Å². The second-order valence-electron chi connectivity index (χ2n) is 5.47. The van der Waals surface area contributed by atoms with E-state index in [1.807, 2.05) is 4.90 Å². The molecule has 1 aromatic heterocycles. The number of para-hydroxylation sites is 1. The minimum atomic E-state index is -4.55. The monoisotopic (exact) mass is 336 g/mol. The van der Waals surface area contributed by atoms with Crippen LogP contribution >= 0.6 is 0 Å². The molecule has 0 spiro atoms. The summed E-state index contributed by atoms with van der Waals surface area (Å²) in [5, 5.41) is 10.1. The van der Waals surface area contributed by atoms with Crippen LogP contribution in [-0.2, 0) is 6.18 Å². The summed E-state index contributed by atoms with van der Waals surface area (Å²) < 4.78 is 38.8. The predicted molar refractivity (Wildman–Crippen MR) is 82.9 cm³/mol. The Bertz CT molecular complexity index is 725. The number of benzene rings is 1. The van der Waals surface area contributed by atoms with Gasteiger partial charge in [0.15, 0.2) is 11.5 Å². The van der Waals surface area contributed by atoms with Gasteiger partial charge in [0.1, 0.15) is 0 Å². The minimum absolute atomic E-state index is 0.0325. The number of rotatable bonds is 3. The number of hydrogen-bond donors (Lipinski definition) is 1. The molecule has 24 heavy (non-hydrogen) atoms. The molecular formula is C16H15F3N4O. The van der Waals surface area contributed by atoms with Gasteiger partial charge < -0.3 is 10.2 Å². The molecule has 2 heterocycles. The van der Waals surface area contributed by atoms with E-state index >= 15 is 0 Å². The molecule has 1 amide bonds. The summed E-state index contributed by atoms with van der Waals surface area (Å²) in [6, 6.07) is 7.93. The van der Waals surface area contributed by atoms with E-state index in [4.69, 9.17) is 0 Å². The van der Waals surface area contributed by atoms with Gasteiger partial charge in [0.05, 0.1) is 11.3 Å². The SMILES string of the molecule is O=C(Nc1ccccc1C(F)(F)F)c1ccc(N2CCCC2)nn1. The van der Waals surface area contributed by atoms with Gasteiger partial charge in [0, 0.05) is 13.1 Å². The fraction of sp³-hybridized carbons (Fsp3) is 0.312. The Kier molecular flexibility index (Phi) is 4.37. The fourth-order valence-electron chi connectivity index (χ4n) is 2.59. The van der Waals surface area contributed by atoms with Gasteiger partial charge in [-0.25, -0.2) is 0 Å². The van der Waals surface area contributed by atoms with Crippen molar-refractivity contribution in [3.05, 3.63) is 47.7 Å². The standard InChI is InChI=1S/C16H15F3N4O/c17-16(18,19)11-5-1-2-6-12(11)20-15(24)13-7-8-14(22-21-13)23-9-3-4-10-23/h1-2,5-8H,3-4,9-10H2,(H,20,24). The normalized spacial score (nSPS) is 14.7. The van der Waals surface area contributed by atoms with Crippen molar-refractivity contribution in [1.29, 1.82) is 0 Å². The summed E-state index contributed by atoms with van der Waals surface area (Å²) >= 11 is 0. The molecule has 0 bridgehead atoms. The molecule has 0 radical (unpaired) electrons. The third-order valence-electron chi connectivity index (χ3n) is 3.79. The zero-order valence-electron chi connectivity index (χ0n) is 12.7. The first-order valence-electron chi connectivity index (χ1n) is 7.51. The Balaban J connectivity index is 1.76. The van der Waals surface area contributed by atoms with Gasteiger partial charge >= 0.3 is 6.18 Å². The average Bonchev–Trinajstić information content (AvgIpc) is 3.09. The van der Waals surface area contributed by atoms with Crippen LogP contribution in [0.2, 0.25) is 0 Å². The number of amides is 1. The van der Waals surface area contributed by atoms with Crippen molar-refractivity contribution >= 4 is 17.4 Å².